The molecule has 0 unspecified atom stereocenters. The monoisotopic (exact) mass is 121 g/mol. The van der Waals surface area contributed by atoms with Crippen LogP contribution in [-0.2, 0) is 0 Å². The third-order valence-corrected chi connectivity index (χ3v) is 0.921. The highest BCUT2D eigenvalue weighted by molar-refractivity contribution is 6.13. The maximum atomic E-state index is 8.73. The van der Waals surface area contributed by atoms with Gasteiger partial charge in [0, 0.05) is 0 Å². The summed E-state index contributed by atoms with van der Waals surface area (Å²) in [5.41, 5.74) is -0.0602. The smallest absolute Gasteiger partial charge is 0.166 e. The molecule has 9 heavy (non-hydrogen) atoms. The van der Waals surface area contributed by atoms with Crippen LogP contribution in [0.3, 0.4) is 0 Å². The second-order valence-electron chi connectivity index (χ2n) is 1.48. The van der Waals surface area contributed by atoms with E-state index in [-0.39, 0.29) is 17.2 Å². The summed E-state index contributed by atoms with van der Waals surface area (Å²) in [4.78, 5) is 3.38. The molecule has 4 nitrogen and oxygen atoms in total. The second-order valence-corrected chi connectivity index (χ2v) is 1.48. The number of rotatable bonds is 0. The summed E-state index contributed by atoms with van der Waals surface area (Å²) < 4.78 is 0. The lowest BCUT2D eigenvalue weighted by atomic mass is 10.3. The molecule has 0 saturated heterocycles. The zero-order valence-corrected chi connectivity index (χ0v) is 4.42. The quantitative estimate of drug-likeness (QED) is 0.485. The molecule has 0 radical (unpaired) electrons. The molecule has 1 aliphatic heterocycles. The maximum absolute atomic E-state index is 8.73. The normalized spacial score (nSPS) is 16.6. The molecular weight excluding hydrogens is 118 g/mol. The van der Waals surface area contributed by atoms with Crippen LogP contribution in [0, 0.1) is 16.7 Å². The van der Waals surface area contributed by atoms with E-state index in [0.29, 0.717) is 0 Å². The van der Waals surface area contributed by atoms with E-state index in [1.54, 1.807) is 6.07 Å². The largest absolute Gasteiger partial charge is 0.505 e. The minimum absolute atomic E-state index is 0.0602. The number of allylic oxidation sites excluding steroid dienone is 1. The molecule has 4 heteroatoms. The van der Waals surface area contributed by atoms with Crippen LogP contribution in [0.2, 0.25) is 0 Å². The first-order chi connectivity index (χ1) is 4.25. The fourth-order valence-electron chi connectivity index (χ4n) is 0.486. The van der Waals surface area contributed by atoms with Gasteiger partial charge in [-0.25, -0.2) is 4.99 Å². The molecule has 0 atom stereocenters. The van der Waals surface area contributed by atoms with Crippen LogP contribution >= 0.6 is 0 Å². The van der Waals surface area contributed by atoms with Gasteiger partial charge in [-0.05, 0) is 0 Å². The third-order valence-electron chi connectivity index (χ3n) is 0.921. The second kappa shape index (κ2) is 1.71. The van der Waals surface area contributed by atoms with Gasteiger partial charge in [-0.3, -0.25) is 5.41 Å². The van der Waals surface area contributed by atoms with Crippen molar-refractivity contribution in [1.82, 2.24) is 0 Å². The maximum Gasteiger partial charge on any atom is 0.166 e. The fraction of sp³-hybridized carbons (Fsp3) is 0. The highest BCUT2D eigenvalue weighted by atomic mass is 16.3. The number of nitriles is 1. The topological polar surface area (TPSA) is 80.2 Å². The first-order valence-corrected chi connectivity index (χ1v) is 2.22. The molecule has 2 N–H and O–H groups in total. The van der Waals surface area contributed by atoms with Gasteiger partial charge < -0.3 is 5.11 Å². The van der Waals surface area contributed by atoms with E-state index in [4.69, 9.17) is 15.8 Å². The molecule has 0 spiro atoms. The Bertz CT molecular complexity index is 256. The number of nitrogens with zero attached hydrogens (tertiary/aromatic N) is 2. The van der Waals surface area contributed by atoms with E-state index in [1.165, 1.54) is 0 Å². The number of nitrogens with one attached hydrogen (secondary N) is 1. The van der Waals surface area contributed by atoms with Crippen LogP contribution in [0.4, 0.5) is 0 Å². The summed E-state index contributed by atoms with van der Waals surface area (Å²) in [5, 5.41) is 23.8. The molecule has 0 amide bonds. The van der Waals surface area contributed by atoms with Gasteiger partial charge in [0.1, 0.15) is 11.6 Å². The van der Waals surface area contributed by atoms with E-state index in [9.17, 15) is 0 Å². The number of hydrogen-bond acceptors (Lipinski definition) is 3. The Kier molecular flexibility index (Phi) is 1.04. The van der Waals surface area contributed by atoms with Crippen molar-refractivity contribution in [2.75, 3.05) is 0 Å². The molecule has 0 saturated carbocycles. The third kappa shape index (κ3) is 0.681. The zero-order chi connectivity index (χ0) is 6.85. The van der Waals surface area contributed by atoms with Gasteiger partial charge in [0.2, 0.25) is 0 Å². The number of aliphatic imine (C=N–C) groups is 1. The van der Waals surface area contributed by atoms with Crippen molar-refractivity contribution in [2.24, 2.45) is 4.99 Å². The van der Waals surface area contributed by atoms with Crippen LogP contribution in [0.5, 0.6) is 0 Å². The van der Waals surface area contributed by atoms with E-state index in [0.717, 1.165) is 6.21 Å². The first kappa shape index (κ1) is 5.51. The molecule has 0 fully saturated rings. The Hall–Kier alpha value is -1.63. The molecule has 0 bridgehead atoms. The minimum Gasteiger partial charge on any atom is -0.505 e. The Morgan fingerprint density at radius 3 is 2.67 bits per heavy atom. The molecule has 1 rings (SSSR count). The molecule has 1 heterocycles. The minimum atomic E-state index is -0.220. The van der Waals surface area contributed by atoms with Crippen LogP contribution in [-0.4, -0.2) is 17.2 Å². The SMILES string of the molecule is N#CC1=C(O)C=NC1=N. The molecule has 0 aromatic heterocycles. The van der Waals surface area contributed by atoms with Crippen LogP contribution in [0.25, 0.3) is 0 Å². The average Bonchev–Trinajstić information content (AvgIpc) is 2.12. The van der Waals surface area contributed by atoms with Gasteiger partial charge in [-0.15, -0.1) is 0 Å². The lowest BCUT2D eigenvalue weighted by Gasteiger charge is -1.83. The number of aliphatic hydroxyl groups is 1. The Balaban J connectivity index is 3.10. The Morgan fingerprint density at radius 2 is 2.44 bits per heavy atom. The molecule has 1 aliphatic rings. The van der Waals surface area contributed by atoms with Gasteiger partial charge in [0.25, 0.3) is 0 Å². The Labute approximate surface area is 51.3 Å². The van der Waals surface area contributed by atoms with Gasteiger partial charge in [0.15, 0.2) is 11.6 Å². The van der Waals surface area contributed by atoms with Gasteiger partial charge in [0.05, 0.1) is 6.21 Å². The Morgan fingerprint density at radius 1 is 1.78 bits per heavy atom. The van der Waals surface area contributed by atoms with Crippen molar-refractivity contribution in [2.45, 2.75) is 0 Å². The average molecular weight is 121 g/mol. The van der Waals surface area contributed by atoms with Crippen LogP contribution in [0.1, 0.15) is 0 Å². The van der Waals surface area contributed by atoms with E-state index >= 15 is 0 Å². The first-order valence-electron chi connectivity index (χ1n) is 2.22. The van der Waals surface area contributed by atoms with E-state index < -0.39 is 0 Å². The van der Waals surface area contributed by atoms with Crippen molar-refractivity contribution in [3.05, 3.63) is 11.3 Å². The highest BCUT2D eigenvalue weighted by Gasteiger charge is 2.13. The zero-order valence-electron chi connectivity index (χ0n) is 4.42. The number of hydrogen-bond donors (Lipinski definition) is 2. The molecule has 44 valence electrons. The predicted molar refractivity (Wildman–Crippen MR) is 31.5 cm³/mol. The lowest BCUT2D eigenvalue weighted by Crippen LogP contribution is -1.90. The van der Waals surface area contributed by atoms with Crippen LogP contribution < -0.4 is 0 Å². The number of amidine groups is 1. The summed E-state index contributed by atoms with van der Waals surface area (Å²) in [6, 6.07) is 1.64. The highest BCUT2D eigenvalue weighted by Crippen LogP contribution is 2.07. The van der Waals surface area contributed by atoms with E-state index in [2.05, 4.69) is 4.99 Å². The summed E-state index contributed by atoms with van der Waals surface area (Å²) in [7, 11) is 0. The van der Waals surface area contributed by atoms with Crippen molar-refractivity contribution in [1.29, 1.82) is 10.7 Å². The molecule has 0 aromatic rings. The van der Waals surface area contributed by atoms with Gasteiger partial charge >= 0.3 is 0 Å². The van der Waals surface area contributed by atoms with Crippen molar-refractivity contribution in [3.63, 3.8) is 0 Å². The predicted octanol–water partition coefficient (Wildman–Crippen LogP) is 0.384. The standard InChI is InChI=1S/C5H3N3O/c6-1-3-4(9)2-8-5(3)7/h2,7,9H. The summed E-state index contributed by atoms with van der Waals surface area (Å²) in [6.45, 7) is 0. The fourth-order valence-corrected chi connectivity index (χ4v) is 0.486. The van der Waals surface area contributed by atoms with Crippen molar-refractivity contribution in [3.8, 4) is 6.07 Å². The number of aliphatic hydroxyl groups excluding tert-OH is 1. The van der Waals surface area contributed by atoms with E-state index in [1.807, 2.05) is 0 Å². The van der Waals surface area contributed by atoms with Gasteiger partial charge in [-0.1, -0.05) is 0 Å². The summed E-state index contributed by atoms with van der Waals surface area (Å²) in [5.74, 6) is -0.391. The molecule has 0 aliphatic carbocycles. The van der Waals surface area contributed by atoms with Crippen molar-refractivity contribution >= 4 is 12.1 Å². The van der Waals surface area contributed by atoms with Crippen molar-refractivity contribution < 1.29 is 5.11 Å². The van der Waals surface area contributed by atoms with Crippen LogP contribution in [0.15, 0.2) is 16.3 Å². The summed E-state index contributed by atoms with van der Waals surface area (Å²) in [6.07, 6.45) is 1.08. The molecule has 0 aromatic carbocycles. The van der Waals surface area contributed by atoms with Gasteiger partial charge in [-0.2, -0.15) is 5.26 Å². The molecular formula is C5H3N3O. The summed E-state index contributed by atoms with van der Waals surface area (Å²) >= 11 is 0. The lowest BCUT2D eigenvalue weighted by molar-refractivity contribution is 0.446.